The van der Waals surface area contributed by atoms with Crippen LogP contribution in [-0.2, 0) is 28.8 Å². The molecule has 1 aliphatic heterocycles. The lowest BCUT2D eigenvalue weighted by molar-refractivity contribution is -0.135. The molecule has 0 aromatic rings. The minimum Gasteiger partial charge on any atom is -0.394 e. The summed E-state index contributed by atoms with van der Waals surface area (Å²) >= 11 is 0. The van der Waals surface area contributed by atoms with Crippen LogP contribution >= 0.6 is 0 Å². The number of primary amides is 1. The molecule has 0 radical (unpaired) electrons. The van der Waals surface area contributed by atoms with E-state index < -0.39 is 72.2 Å². The van der Waals surface area contributed by atoms with Gasteiger partial charge in [0.05, 0.1) is 25.2 Å². The zero-order chi connectivity index (χ0) is 50.0. The molecule has 5 amide bonds. The van der Waals surface area contributed by atoms with Crippen molar-refractivity contribution < 1.29 is 39.0 Å². The molecule has 1 heterocycles. The molecular weight excluding hydrogens is 859 g/mol. The van der Waals surface area contributed by atoms with Gasteiger partial charge in [0.15, 0.2) is 11.7 Å². The van der Waals surface area contributed by atoms with E-state index >= 15 is 0 Å². The Morgan fingerprint density at radius 2 is 1.46 bits per heavy atom. The number of ketones is 1. The predicted molar refractivity (Wildman–Crippen MR) is 264 cm³/mol. The van der Waals surface area contributed by atoms with E-state index in [0.29, 0.717) is 51.7 Å². The van der Waals surface area contributed by atoms with Crippen molar-refractivity contribution in [2.24, 2.45) is 45.7 Å². The first-order valence-electron chi connectivity index (χ1n) is 25.1. The van der Waals surface area contributed by atoms with Crippen molar-refractivity contribution in [3.8, 4) is 0 Å². The number of Topliss-reactive ketones (excluding diaryl/α,β-unsaturated/α-hetero) is 1. The average Bonchev–Trinajstić information content (AvgIpc) is 3.79. The summed E-state index contributed by atoms with van der Waals surface area (Å²) in [5.41, 5.74) is 22.2. The number of aliphatic hydroxyl groups excluding tert-OH is 2. The number of unbranched alkanes of at least 4 members (excludes halogenated alkanes) is 6. The van der Waals surface area contributed by atoms with Crippen LogP contribution in [0.1, 0.15) is 156 Å². The fourth-order valence-corrected chi connectivity index (χ4v) is 8.04. The van der Waals surface area contributed by atoms with Crippen molar-refractivity contribution in [1.82, 2.24) is 31.9 Å². The summed E-state index contributed by atoms with van der Waals surface area (Å²) in [7, 11) is 0. The molecule has 0 spiro atoms. The second-order valence-corrected chi connectivity index (χ2v) is 19.1. The van der Waals surface area contributed by atoms with E-state index in [1.54, 1.807) is 0 Å². The number of amides is 5. The quantitative estimate of drug-likeness (QED) is 0.0179. The molecule has 1 fully saturated rings. The maximum Gasteiger partial charge on any atom is 0.245 e. The smallest absolute Gasteiger partial charge is 0.245 e. The molecule has 7 atom stereocenters. The Kier molecular flexibility index (Phi) is 33.4. The Labute approximate surface area is 400 Å². The first-order chi connectivity index (χ1) is 32.0. The van der Waals surface area contributed by atoms with E-state index in [1.807, 2.05) is 13.8 Å². The van der Waals surface area contributed by atoms with Crippen LogP contribution in [0.25, 0.3) is 0 Å². The zero-order valence-electron chi connectivity index (χ0n) is 41.3. The van der Waals surface area contributed by atoms with Crippen LogP contribution in [-0.4, -0.2) is 127 Å². The minimum atomic E-state index is -1.55. The van der Waals surface area contributed by atoms with Crippen LogP contribution in [0, 0.1) is 17.8 Å². The molecule has 0 aliphatic carbocycles. The van der Waals surface area contributed by atoms with E-state index in [9.17, 15) is 39.0 Å². The summed E-state index contributed by atoms with van der Waals surface area (Å²) in [6, 6.07) is -4.69. The van der Waals surface area contributed by atoms with Crippen molar-refractivity contribution in [1.29, 1.82) is 0 Å². The Bertz CT molecular complexity index is 1490. The third kappa shape index (κ3) is 30.0. The van der Waals surface area contributed by atoms with Crippen LogP contribution < -0.4 is 54.8 Å². The lowest BCUT2D eigenvalue weighted by Crippen LogP contribution is -2.61. The topological polar surface area (TPSA) is 331 Å². The van der Waals surface area contributed by atoms with E-state index in [-0.39, 0.29) is 68.9 Å². The van der Waals surface area contributed by atoms with Gasteiger partial charge >= 0.3 is 0 Å². The molecule has 0 bridgehead atoms. The number of carbonyl (C=O) groups is 6. The van der Waals surface area contributed by atoms with Crippen molar-refractivity contribution >= 4 is 41.3 Å². The van der Waals surface area contributed by atoms with Crippen LogP contribution in [0.3, 0.4) is 0 Å². The Hall–Kier alpha value is -4.17. The van der Waals surface area contributed by atoms with Gasteiger partial charge < -0.3 is 65.0 Å². The summed E-state index contributed by atoms with van der Waals surface area (Å²) < 4.78 is 0. The van der Waals surface area contributed by atoms with Gasteiger partial charge in [-0.3, -0.25) is 33.8 Å². The number of aliphatic imine (C=N–C) groups is 1. The number of rotatable bonds is 40. The highest BCUT2D eigenvalue weighted by molar-refractivity contribution is 5.94. The van der Waals surface area contributed by atoms with Crippen LogP contribution in [0.15, 0.2) is 17.1 Å². The summed E-state index contributed by atoms with van der Waals surface area (Å²) in [5, 5.41) is 39.3. The largest absolute Gasteiger partial charge is 0.394 e. The lowest BCUT2D eigenvalue weighted by atomic mass is 9.87. The highest BCUT2D eigenvalue weighted by atomic mass is 16.3. The SMILES string of the molecule is CC(C)CCCC/C=C\CCCCCC(=O)NC(CC(N)=O)C(=O)CC(CCCN=C(N)N)CCC(O)C(NC(=O)C(CO)NCC1CCCN1)C(=O)NC(CC(C)C)C(=O)NCCCCN. The average molecular weight is 950 g/mol. The molecule has 0 aromatic carbocycles. The zero-order valence-corrected chi connectivity index (χ0v) is 41.3. The van der Waals surface area contributed by atoms with Gasteiger partial charge in [0.2, 0.25) is 29.5 Å². The number of hydrogen-bond donors (Lipinski definition) is 12. The molecule has 1 aliphatic rings. The van der Waals surface area contributed by atoms with Crippen molar-refractivity contribution in [3.63, 3.8) is 0 Å². The Morgan fingerprint density at radius 1 is 0.746 bits per heavy atom. The minimum absolute atomic E-state index is 0.00262. The normalized spacial score (nSPS) is 16.5. The molecule has 386 valence electrons. The maximum atomic E-state index is 14.1. The first-order valence-corrected chi connectivity index (χ1v) is 25.1. The van der Waals surface area contributed by atoms with Gasteiger partial charge in [-0.05, 0) is 121 Å². The molecule has 1 saturated heterocycles. The van der Waals surface area contributed by atoms with Crippen LogP contribution in [0.5, 0.6) is 0 Å². The van der Waals surface area contributed by atoms with E-state index in [1.165, 1.54) is 19.3 Å². The molecule has 19 heteroatoms. The highest BCUT2D eigenvalue weighted by Gasteiger charge is 2.35. The van der Waals surface area contributed by atoms with E-state index in [0.717, 1.165) is 51.0 Å². The summed E-state index contributed by atoms with van der Waals surface area (Å²) in [6.07, 6.45) is 15.0. The maximum absolute atomic E-state index is 14.1. The molecule has 16 N–H and O–H groups in total. The molecule has 19 nitrogen and oxygen atoms in total. The molecule has 0 saturated carbocycles. The number of nitrogens with two attached hydrogens (primary N) is 4. The highest BCUT2D eigenvalue weighted by Crippen LogP contribution is 2.23. The van der Waals surface area contributed by atoms with Gasteiger partial charge in [0.25, 0.3) is 0 Å². The standard InChI is InChI=1S/C48H91N11O8/c1-33(2)18-12-10-8-6-5-7-9-11-13-21-43(64)57-37(30-42(50)63)41(62)29-35(19-16-27-55-48(51)52)22-23-40(61)44(59-46(66)39(32-60)56-31-36-20-17-26-53-36)47(67)58-38(28-34(3)4)45(65)54-25-15-14-24-49/h5-6,33-40,44,53,56,60-61H,7-32,49H2,1-4H3,(H2,50,63)(H,54,65)(H,57,64)(H,58,67)(H,59,66)(H4,51,52,55)/b6-5-. The van der Waals surface area contributed by atoms with E-state index in [4.69, 9.17) is 22.9 Å². The number of aliphatic hydroxyl groups is 2. The second kappa shape index (κ2) is 36.8. The number of hydrogen-bond acceptors (Lipinski definition) is 12. The number of nitrogens with zero attached hydrogens (tertiary/aromatic N) is 1. The molecule has 7 unspecified atom stereocenters. The Morgan fingerprint density at radius 3 is 2.07 bits per heavy atom. The van der Waals surface area contributed by atoms with Crippen LogP contribution in [0.2, 0.25) is 0 Å². The van der Waals surface area contributed by atoms with Crippen molar-refractivity contribution in [2.75, 3.05) is 39.3 Å². The van der Waals surface area contributed by atoms with Gasteiger partial charge in [-0.25, -0.2) is 0 Å². The second-order valence-electron chi connectivity index (χ2n) is 19.1. The third-order valence-corrected chi connectivity index (χ3v) is 11.9. The number of allylic oxidation sites excluding steroid dienone is 2. The van der Waals surface area contributed by atoms with Crippen LogP contribution in [0.4, 0.5) is 0 Å². The monoisotopic (exact) mass is 950 g/mol. The summed E-state index contributed by atoms with van der Waals surface area (Å²) in [5.74, 6) is -3.30. The number of carbonyl (C=O) groups excluding carboxylic acids is 6. The first kappa shape index (κ1) is 60.8. The fraction of sp³-hybridized carbons (Fsp3) is 0.812. The van der Waals surface area contributed by atoms with Gasteiger partial charge in [-0.1, -0.05) is 59.1 Å². The van der Waals surface area contributed by atoms with Crippen molar-refractivity contribution in [2.45, 2.75) is 192 Å². The van der Waals surface area contributed by atoms with Gasteiger partial charge in [-0.2, -0.15) is 0 Å². The van der Waals surface area contributed by atoms with Crippen molar-refractivity contribution in [3.05, 3.63) is 12.2 Å². The predicted octanol–water partition coefficient (Wildman–Crippen LogP) is 1.41. The van der Waals surface area contributed by atoms with Gasteiger partial charge in [0.1, 0.15) is 18.1 Å². The summed E-state index contributed by atoms with van der Waals surface area (Å²) in [6.45, 7) is 10.00. The van der Waals surface area contributed by atoms with E-state index in [2.05, 4.69) is 62.9 Å². The molecule has 0 aromatic heterocycles. The Balaban J connectivity index is 3.18. The molecule has 67 heavy (non-hydrogen) atoms. The number of guanidine groups is 1. The lowest BCUT2D eigenvalue weighted by Gasteiger charge is -2.29. The molecule has 1 rings (SSSR count). The number of nitrogens with one attached hydrogen (secondary N) is 6. The summed E-state index contributed by atoms with van der Waals surface area (Å²) in [4.78, 5) is 84.1. The fourth-order valence-electron chi connectivity index (χ4n) is 8.04. The van der Waals surface area contributed by atoms with Gasteiger partial charge in [-0.15, -0.1) is 0 Å². The van der Waals surface area contributed by atoms with Gasteiger partial charge in [0, 0.05) is 38.5 Å². The third-order valence-electron chi connectivity index (χ3n) is 11.9. The molecular formula is C48H91N11O8.